The Bertz CT molecular complexity index is 1100. The van der Waals surface area contributed by atoms with E-state index in [-0.39, 0.29) is 22.6 Å². The van der Waals surface area contributed by atoms with Crippen LogP contribution in [0.25, 0.3) is 10.9 Å². The van der Waals surface area contributed by atoms with Crippen LogP contribution in [0, 0.1) is 10.1 Å². The molecule has 3 rings (SSSR count). The van der Waals surface area contributed by atoms with Crippen LogP contribution in [0.3, 0.4) is 0 Å². The zero-order valence-electron chi connectivity index (χ0n) is 14.5. The molecule has 2 aromatic carbocycles. The first-order valence-electron chi connectivity index (χ1n) is 7.93. The molecule has 9 heteroatoms. The molecule has 1 N–H and O–H groups in total. The number of hydrogen-bond acceptors (Lipinski definition) is 7. The molecule has 138 valence electrons. The number of para-hydroxylation sites is 1. The Hall–Kier alpha value is -3.20. The monoisotopic (exact) mass is 385 g/mol. The fourth-order valence-corrected chi connectivity index (χ4v) is 3.09. The lowest BCUT2D eigenvalue weighted by Crippen LogP contribution is -2.17. The Balaban J connectivity index is 1.87. The molecule has 27 heavy (non-hydrogen) atoms. The highest BCUT2D eigenvalue weighted by atomic mass is 32.2. The van der Waals surface area contributed by atoms with Gasteiger partial charge in [0.2, 0.25) is 0 Å². The van der Waals surface area contributed by atoms with E-state index in [1.54, 1.807) is 37.4 Å². The summed E-state index contributed by atoms with van der Waals surface area (Å²) in [5, 5.41) is 11.6. The SMILES string of the molecule is CSc1ccc(C(=O)O[C@H](C)c2nc3ccccc3c(=O)[nH]2)cc1[N+](=O)[O-]. The third-order valence-electron chi connectivity index (χ3n) is 3.91. The normalized spacial score (nSPS) is 11.9. The van der Waals surface area contributed by atoms with Gasteiger partial charge in [0, 0.05) is 6.07 Å². The van der Waals surface area contributed by atoms with Crippen molar-refractivity contribution in [3.63, 3.8) is 0 Å². The van der Waals surface area contributed by atoms with E-state index < -0.39 is 17.0 Å². The highest BCUT2D eigenvalue weighted by Gasteiger charge is 2.21. The van der Waals surface area contributed by atoms with Crippen LogP contribution in [0.2, 0.25) is 0 Å². The molecular weight excluding hydrogens is 370 g/mol. The van der Waals surface area contributed by atoms with Gasteiger partial charge in [-0.1, -0.05) is 12.1 Å². The van der Waals surface area contributed by atoms with Gasteiger partial charge in [-0.25, -0.2) is 9.78 Å². The van der Waals surface area contributed by atoms with Crippen LogP contribution in [0.5, 0.6) is 0 Å². The lowest BCUT2D eigenvalue weighted by molar-refractivity contribution is -0.387. The summed E-state index contributed by atoms with van der Waals surface area (Å²) in [6, 6.07) is 11.0. The Labute approximate surface area is 157 Å². The first-order valence-corrected chi connectivity index (χ1v) is 9.15. The lowest BCUT2D eigenvalue weighted by atomic mass is 10.2. The molecule has 1 atom stereocenters. The molecule has 1 aromatic heterocycles. The number of nitrogens with one attached hydrogen (secondary N) is 1. The van der Waals surface area contributed by atoms with Crippen molar-refractivity contribution in [1.82, 2.24) is 9.97 Å². The summed E-state index contributed by atoms with van der Waals surface area (Å²) in [4.78, 5) is 42.5. The summed E-state index contributed by atoms with van der Waals surface area (Å²) in [6.07, 6.45) is 0.874. The predicted octanol–water partition coefficient (Wildman–Crippen LogP) is 3.47. The second-order valence-corrected chi connectivity index (χ2v) is 6.51. The number of H-pyrrole nitrogens is 1. The third kappa shape index (κ3) is 3.82. The van der Waals surface area contributed by atoms with Gasteiger partial charge < -0.3 is 9.72 Å². The topological polar surface area (TPSA) is 115 Å². The van der Waals surface area contributed by atoms with E-state index in [1.165, 1.54) is 30.0 Å². The first kappa shape index (κ1) is 18.6. The van der Waals surface area contributed by atoms with Crippen molar-refractivity contribution >= 4 is 34.3 Å². The van der Waals surface area contributed by atoms with Crippen LogP contribution in [0.4, 0.5) is 5.69 Å². The highest BCUT2D eigenvalue weighted by molar-refractivity contribution is 7.98. The van der Waals surface area contributed by atoms with Crippen molar-refractivity contribution in [2.45, 2.75) is 17.9 Å². The number of ether oxygens (including phenoxy) is 1. The quantitative estimate of drug-likeness (QED) is 0.309. The zero-order valence-corrected chi connectivity index (χ0v) is 15.3. The van der Waals surface area contributed by atoms with Gasteiger partial charge in [0.1, 0.15) is 0 Å². The molecule has 1 heterocycles. The maximum absolute atomic E-state index is 12.4. The molecule has 0 aliphatic carbocycles. The third-order valence-corrected chi connectivity index (χ3v) is 4.70. The Morgan fingerprint density at radius 2 is 2.04 bits per heavy atom. The largest absolute Gasteiger partial charge is 0.451 e. The number of aromatic nitrogens is 2. The second kappa shape index (κ2) is 7.58. The van der Waals surface area contributed by atoms with Crippen molar-refractivity contribution in [3.8, 4) is 0 Å². The van der Waals surface area contributed by atoms with Crippen LogP contribution >= 0.6 is 11.8 Å². The molecule has 0 aliphatic rings. The Kier molecular flexibility index (Phi) is 5.22. The number of esters is 1. The van der Waals surface area contributed by atoms with Crippen molar-refractivity contribution in [2.24, 2.45) is 0 Å². The molecule has 0 saturated heterocycles. The Morgan fingerprint density at radius 1 is 1.30 bits per heavy atom. The second-order valence-electron chi connectivity index (χ2n) is 5.66. The molecule has 0 aliphatic heterocycles. The number of thioether (sulfide) groups is 1. The van der Waals surface area contributed by atoms with Crippen LogP contribution in [0.1, 0.15) is 29.2 Å². The van der Waals surface area contributed by atoms with E-state index in [1.807, 2.05) is 0 Å². The number of hydrogen-bond donors (Lipinski definition) is 1. The number of carbonyl (C=O) groups excluding carboxylic acids is 1. The van der Waals surface area contributed by atoms with E-state index in [2.05, 4.69) is 9.97 Å². The summed E-state index contributed by atoms with van der Waals surface area (Å²) in [5.74, 6) is -0.545. The fraction of sp³-hybridized carbons (Fsp3) is 0.167. The van der Waals surface area contributed by atoms with Crippen LogP contribution in [-0.2, 0) is 4.74 Å². The molecule has 0 bridgehead atoms. The predicted molar refractivity (Wildman–Crippen MR) is 101 cm³/mol. The molecular formula is C18H15N3O5S. The van der Waals surface area contributed by atoms with Gasteiger partial charge in [0.25, 0.3) is 11.2 Å². The molecule has 0 amide bonds. The van der Waals surface area contributed by atoms with Gasteiger partial charge in [-0.05, 0) is 37.4 Å². The Morgan fingerprint density at radius 3 is 2.74 bits per heavy atom. The molecule has 0 radical (unpaired) electrons. The van der Waals surface area contributed by atoms with Crippen LogP contribution < -0.4 is 5.56 Å². The van der Waals surface area contributed by atoms with Gasteiger partial charge in [-0.15, -0.1) is 11.8 Å². The van der Waals surface area contributed by atoms with Gasteiger partial charge >= 0.3 is 5.97 Å². The average molecular weight is 385 g/mol. The van der Waals surface area contributed by atoms with E-state index in [0.29, 0.717) is 15.8 Å². The van der Waals surface area contributed by atoms with Crippen LogP contribution in [-0.4, -0.2) is 27.1 Å². The smallest absolute Gasteiger partial charge is 0.339 e. The summed E-state index contributed by atoms with van der Waals surface area (Å²) in [6.45, 7) is 1.57. The number of aromatic amines is 1. The highest BCUT2D eigenvalue weighted by Crippen LogP contribution is 2.29. The van der Waals surface area contributed by atoms with Crippen molar-refractivity contribution in [2.75, 3.05) is 6.26 Å². The minimum atomic E-state index is -0.839. The molecule has 0 saturated carbocycles. The minimum absolute atomic E-state index is 0.0505. The van der Waals surface area contributed by atoms with Crippen molar-refractivity contribution in [3.05, 3.63) is 74.3 Å². The number of nitro benzene ring substituents is 1. The number of nitrogens with zero attached hydrogens (tertiary/aromatic N) is 2. The van der Waals surface area contributed by atoms with Gasteiger partial charge in [-0.2, -0.15) is 0 Å². The van der Waals surface area contributed by atoms with Gasteiger partial charge in [0.15, 0.2) is 11.9 Å². The average Bonchev–Trinajstić information content (AvgIpc) is 2.67. The van der Waals surface area contributed by atoms with E-state index in [0.717, 1.165) is 0 Å². The molecule has 0 fully saturated rings. The maximum Gasteiger partial charge on any atom is 0.339 e. The summed E-state index contributed by atoms with van der Waals surface area (Å²) < 4.78 is 5.33. The van der Waals surface area contributed by atoms with Crippen molar-refractivity contribution in [1.29, 1.82) is 0 Å². The van der Waals surface area contributed by atoms with E-state index >= 15 is 0 Å². The van der Waals surface area contributed by atoms with E-state index in [4.69, 9.17) is 4.74 Å². The van der Waals surface area contributed by atoms with Crippen LogP contribution in [0.15, 0.2) is 52.2 Å². The standard InChI is InChI=1S/C18H15N3O5S/c1-10(16-19-13-6-4-3-5-12(13)17(22)20-16)26-18(23)11-7-8-15(27-2)14(9-11)21(24)25/h3-10H,1-2H3,(H,19,20,22)/t10-/m1/s1. The number of benzene rings is 2. The fourth-order valence-electron chi connectivity index (χ4n) is 2.54. The molecule has 3 aromatic rings. The summed E-state index contributed by atoms with van der Waals surface area (Å²) in [5.41, 5.74) is 0.0360. The van der Waals surface area contributed by atoms with Gasteiger partial charge in [-0.3, -0.25) is 14.9 Å². The maximum atomic E-state index is 12.4. The molecule has 0 unspecified atom stereocenters. The minimum Gasteiger partial charge on any atom is -0.451 e. The number of fused-ring (bicyclic) bond motifs is 1. The van der Waals surface area contributed by atoms with Crippen molar-refractivity contribution < 1.29 is 14.5 Å². The lowest BCUT2D eigenvalue weighted by Gasteiger charge is -2.13. The number of rotatable bonds is 5. The molecule has 8 nitrogen and oxygen atoms in total. The van der Waals surface area contributed by atoms with E-state index in [9.17, 15) is 19.7 Å². The molecule has 0 spiro atoms. The summed E-state index contributed by atoms with van der Waals surface area (Å²) in [7, 11) is 0. The first-order chi connectivity index (χ1) is 12.9. The zero-order chi connectivity index (χ0) is 19.6. The summed E-state index contributed by atoms with van der Waals surface area (Å²) >= 11 is 1.21. The number of carbonyl (C=O) groups is 1. The number of nitro groups is 1. The van der Waals surface area contributed by atoms with Gasteiger partial charge in [0.05, 0.1) is 26.3 Å².